The van der Waals surface area contributed by atoms with Crippen molar-refractivity contribution in [1.29, 1.82) is 0 Å². The fourth-order valence-electron chi connectivity index (χ4n) is 7.09. The van der Waals surface area contributed by atoms with Gasteiger partial charge in [-0.15, -0.1) is 0 Å². The number of ether oxygens (including phenoxy) is 3. The summed E-state index contributed by atoms with van der Waals surface area (Å²) in [5, 5.41) is 2.97. The number of amides is 2. The molecule has 1 atom stereocenters. The van der Waals surface area contributed by atoms with E-state index in [0.717, 1.165) is 24.2 Å². The van der Waals surface area contributed by atoms with E-state index in [1.165, 1.54) is 17.7 Å². The highest BCUT2D eigenvalue weighted by Gasteiger charge is 2.34. The third-order valence-electron chi connectivity index (χ3n) is 10.1. The molecule has 9 nitrogen and oxygen atoms in total. The van der Waals surface area contributed by atoms with Crippen LogP contribution in [0.2, 0.25) is 0 Å². The van der Waals surface area contributed by atoms with Crippen LogP contribution < -0.4 is 14.8 Å². The lowest BCUT2D eigenvalue weighted by molar-refractivity contribution is -0.0499. The lowest BCUT2D eigenvalue weighted by Crippen LogP contribution is -2.52. The van der Waals surface area contributed by atoms with Gasteiger partial charge in [0.15, 0.2) is 0 Å². The van der Waals surface area contributed by atoms with E-state index in [2.05, 4.69) is 16.3 Å². The fourth-order valence-corrected chi connectivity index (χ4v) is 7.09. The zero-order valence-corrected chi connectivity index (χ0v) is 29.8. The monoisotopic (exact) mass is 720 g/mol. The van der Waals surface area contributed by atoms with Gasteiger partial charge in [-0.1, -0.05) is 54.6 Å². The number of morpholine rings is 1. The van der Waals surface area contributed by atoms with Crippen LogP contribution >= 0.6 is 0 Å². The van der Waals surface area contributed by atoms with Gasteiger partial charge in [0, 0.05) is 61.9 Å². The number of nitrogens with zero attached hydrogens (tertiary/aromatic N) is 3. The molecule has 2 aliphatic heterocycles. The first-order chi connectivity index (χ1) is 25.7. The van der Waals surface area contributed by atoms with Crippen molar-refractivity contribution >= 4 is 17.5 Å². The van der Waals surface area contributed by atoms with Crippen LogP contribution in [0, 0.1) is 6.92 Å². The number of hydrogen-bond acceptors (Lipinski definition) is 6. The lowest BCUT2D eigenvalue weighted by atomic mass is 9.92. The molecule has 2 aliphatic rings. The third-order valence-corrected chi connectivity index (χ3v) is 10.1. The predicted octanol–water partition coefficient (Wildman–Crippen LogP) is 7.33. The summed E-state index contributed by atoms with van der Waals surface area (Å²) in [6.07, 6.45) is 0.662. The highest BCUT2D eigenvalue weighted by atomic mass is 19.3. The Bertz CT molecular complexity index is 2060. The quantitative estimate of drug-likeness (QED) is 0.154. The minimum absolute atomic E-state index is 0.116. The summed E-state index contributed by atoms with van der Waals surface area (Å²) in [6.45, 7) is 3.02. The number of anilines is 1. The van der Waals surface area contributed by atoms with Crippen LogP contribution in [0.1, 0.15) is 43.1 Å². The van der Waals surface area contributed by atoms with Gasteiger partial charge in [-0.05, 0) is 78.6 Å². The number of carbonyl (C=O) groups is 2. The van der Waals surface area contributed by atoms with Gasteiger partial charge in [0.2, 0.25) is 0 Å². The van der Waals surface area contributed by atoms with Crippen LogP contribution in [0.25, 0.3) is 11.3 Å². The van der Waals surface area contributed by atoms with Crippen LogP contribution in [0.15, 0.2) is 103 Å². The molecule has 0 aliphatic carbocycles. The Kier molecular flexibility index (Phi) is 10.8. The molecule has 0 saturated carbocycles. The predicted molar refractivity (Wildman–Crippen MR) is 198 cm³/mol. The van der Waals surface area contributed by atoms with Crippen molar-refractivity contribution in [2.45, 2.75) is 39.1 Å². The molecule has 1 N–H and O–H groups in total. The van der Waals surface area contributed by atoms with Gasteiger partial charge < -0.3 is 29.0 Å². The van der Waals surface area contributed by atoms with E-state index in [1.807, 2.05) is 72.0 Å². The van der Waals surface area contributed by atoms with Crippen molar-refractivity contribution in [2.75, 3.05) is 38.2 Å². The summed E-state index contributed by atoms with van der Waals surface area (Å²) in [6, 6.07) is 31.1. The lowest BCUT2D eigenvalue weighted by Gasteiger charge is -2.40. The molecular formula is C42H42F2N4O5. The second kappa shape index (κ2) is 16.0. The van der Waals surface area contributed by atoms with Gasteiger partial charge in [0.05, 0.1) is 24.3 Å². The Morgan fingerprint density at radius 3 is 2.30 bits per heavy atom. The normalized spacial score (nSPS) is 15.9. The molecule has 1 saturated heterocycles. The van der Waals surface area contributed by atoms with E-state index in [0.29, 0.717) is 73.3 Å². The van der Waals surface area contributed by atoms with E-state index in [9.17, 15) is 18.4 Å². The zero-order valence-electron chi connectivity index (χ0n) is 29.8. The molecule has 11 heteroatoms. The minimum Gasteiger partial charge on any atom is -0.489 e. The van der Waals surface area contributed by atoms with E-state index in [1.54, 1.807) is 36.4 Å². The molecule has 274 valence electrons. The van der Waals surface area contributed by atoms with Gasteiger partial charge in [0.25, 0.3) is 11.8 Å². The fraction of sp³-hybridized carbons (Fsp3) is 0.286. The number of halogens is 2. The first kappa shape index (κ1) is 35.9. The molecule has 1 aromatic heterocycles. The number of rotatable bonds is 11. The molecule has 3 heterocycles. The molecule has 0 spiro atoms. The molecule has 2 amide bonds. The second-order valence-corrected chi connectivity index (χ2v) is 13.4. The Morgan fingerprint density at radius 1 is 0.868 bits per heavy atom. The topological polar surface area (TPSA) is 85.3 Å². The number of fused-ring (bicyclic) bond motifs is 1. The molecule has 0 bridgehead atoms. The van der Waals surface area contributed by atoms with E-state index in [-0.39, 0.29) is 29.2 Å². The van der Waals surface area contributed by atoms with Crippen LogP contribution in [0.3, 0.4) is 0 Å². The maximum absolute atomic E-state index is 14.8. The zero-order chi connectivity index (χ0) is 36.9. The van der Waals surface area contributed by atoms with Crippen molar-refractivity contribution in [2.24, 2.45) is 7.05 Å². The summed E-state index contributed by atoms with van der Waals surface area (Å²) < 4.78 is 45.0. The van der Waals surface area contributed by atoms with Gasteiger partial charge >= 0.3 is 6.61 Å². The van der Waals surface area contributed by atoms with Crippen LogP contribution in [-0.4, -0.2) is 71.7 Å². The smallest absolute Gasteiger partial charge is 0.387 e. The molecule has 0 radical (unpaired) electrons. The molecular weight excluding hydrogens is 678 g/mol. The Labute approximate surface area is 307 Å². The third kappa shape index (κ3) is 8.27. The Morgan fingerprint density at radius 2 is 1.57 bits per heavy atom. The maximum Gasteiger partial charge on any atom is 0.387 e. The van der Waals surface area contributed by atoms with Crippen molar-refractivity contribution in [3.63, 3.8) is 0 Å². The van der Waals surface area contributed by atoms with Crippen LogP contribution in [0.4, 0.5) is 14.5 Å². The molecule has 1 fully saturated rings. The molecule has 4 aromatic carbocycles. The van der Waals surface area contributed by atoms with Gasteiger partial charge in [-0.3, -0.25) is 14.5 Å². The number of alkyl halides is 2. The molecule has 1 unspecified atom stereocenters. The first-order valence-corrected chi connectivity index (χ1v) is 17.7. The highest BCUT2D eigenvalue weighted by Crippen LogP contribution is 2.34. The van der Waals surface area contributed by atoms with Crippen molar-refractivity contribution in [1.82, 2.24) is 14.4 Å². The number of nitrogens with one attached hydrogen (secondary N) is 1. The molecule has 53 heavy (non-hydrogen) atoms. The summed E-state index contributed by atoms with van der Waals surface area (Å²) in [5.74, 6) is -0.0712. The highest BCUT2D eigenvalue weighted by molar-refractivity contribution is 6.07. The van der Waals surface area contributed by atoms with Crippen LogP contribution in [0.5, 0.6) is 11.5 Å². The number of benzene rings is 4. The van der Waals surface area contributed by atoms with Crippen molar-refractivity contribution in [3.8, 4) is 22.8 Å². The van der Waals surface area contributed by atoms with Crippen molar-refractivity contribution in [3.05, 3.63) is 137 Å². The Hall–Kier alpha value is -5.52. The average molecular weight is 721 g/mol. The maximum atomic E-state index is 14.8. The summed E-state index contributed by atoms with van der Waals surface area (Å²) in [7, 11) is 1.82. The number of aromatic nitrogens is 1. The van der Waals surface area contributed by atoms with E-state index < -0.39 is 6.61 Å². The summed E-state index contributed by atoms with van der Waals surface area (Å²) in [4.78, 5) is 32.6. The van der Waals surface area contributed by atoms with Gasteiger partial charge in [-0.2, -0.15) is 8.78 Å². The van der Waals surface area contributed by atoms with Gasteiger partial charge in [-0.25, -0.2) is 0 Å². The first-order valence-electron chi connectivity index (χ1n) is 17.7. The average Bonchev–Trinajstić information content (AvgIpc) is 3.47. The van der Waals surface area contributed by atoms with Gasteiger partial charge in [0.1, 0.15) is 18.1 Å². The number of hydrogen-bond donors (Lipinski definition) is 1. The van der Waals surface area contributed by atoms with Crippen molar-refractivity contribution < 1.29 is 32.6 Å². The van der Waals surface area contributed by atoms with E-state index in [4.69, 9.17) is 14.2 Å². The Balaban J connectivity index is 1.16. The number of carbonyl (C=O) groups excluding carboxylic acids is 2. The standard InChI is InChI=1S/C42H42F2N4O5/c1-28-37(40(49)45-32-12-14-34(15-13-32)52-27-29-8-4-3-5-9-29)24-39(46(28)2)36-17-16-35(53-42(43)44)23-38(36)41(50)48-25-31-11-7-6-10-30(31)22-33(48)26-47-18-20-51-21-19-47/h3-17,23-24,33,42H,18-22,25-27H2,1-2H3,(H,45,49). The minimum atomic E-state index is -3.06. The summed E-state index contributed by atoms with van der Waals surface area (Å²) in [5.41, 5.74) is 6.27. The van der Waals surface area contributed by atoms with E-state index >= 15 is 0 Å². The van der Waals surface area contributed by atoms with Crippen LogP contribution in [-0.2, 0) is 31.4 Å². The largest absolute Gasteiger partial charge is 0.489 e. The molecule has 5 aromatic rings. The molecule has 7 rings (SSSR count). The summed E-state index contributed by atoms with van der Waals surface area (Å²) >= 11 is 0. The SMILES string of the molecule is Cc1c(C(=O)Nc2ccc(OCc3ccccc3)cc2)cc(-c2ccc(OC(F)F)cc2C(=O)N2Cc3ccccc3CC2CN2CCOCC2)n1C. The second-order valence-electron chi connectivity index (χ2n) is 13.4.